The summed E-state index contributed by atoms with van der Waals surface area (Å²) in [5, 5.41) is 11.5. The van der Waals surface area contributed by atoms with Crippen LogP contribution in [-0.4, -0.2) is 19.2 Å². The van der Waals surface area contributed by atoms with E-state index in [9.17, 15) is 9.90 Å². The van der Waals surface area contributed by atoms with Crippen LogP contribution in [0.25, 0.3) is 16.6 Å². The Morgan fingerprint density at radius 3 is 2.95 bits per heavy atom. The van der Waals surface area contributed by atoms with Gasteiger partial charge in [-0.3, -0.25) is 4.57 Å². The monoisotopic (exact) mass is 279 g/mol. The van der Waals surface area contributed by atoms with Crippen molar-refractivity contribution in [1.82, 2.24) is 14.1 Å². The normalized spacial score (nSPS) is 22.3. The summed E-state index contributed by atoms with van der Waals surface area (Å²) in [6.07, 6.45) is 6.81. The number of hydrogen-bond acceptors (Lipinski definition) is 2. The maximum atomic E-state index is 12.7. The highest BCUT2D eigenvalue weighted by atomic mass is 16.3. The third-order valence-corrected chi connectivity index (χ3v) is 4.65. The molecule has 21 heavy (non-hydrogen) atoms. The van der Waals surface area contributed by atoms with E-state index in [0.29, 0.717) is 5.69 Å². The molecule has 1 aliphatic carbocycles. The molecule has 2 atom stereocenters. The van der Waals surface area contributed by atoms with E-state index < -0.39 is 0 Å². The highest BCUT2D eigenvalue weighted by molar-refractivity contribution is 5.88. The van der Waals surface area contributed by atoms with Gasteiger partial charge in [0.25, 0.3) is 0 Å². The van der Waals surface area contributed by atoms with Gasteiger partial charge in [0.2, 0.25) is 5.88 Å². The first-order valence-electron chi connectivity index (χ1n) is 7.06. The van der Waals surface area contributed by atoms with Gasteiger partial charge in [0.15, 0.2) is 0 Å². The van der Waals surface area contributed by atoms with Crippen molar-refractivity contribution in [1.29, 1.82) is 0 Å². The Morgan fingerprint density at radius 1 is 1.24 bits per heavy atom. The van der Waals surface area contributed by atoms with Crippen molar-refractivity contribution < 1.29 is 5.11 Å². The quantitative estimate of drug-likeness (QED) is 0.672. The van der Waals surface area contributed by atoms with E-state index in [4.69, 9.17) is 0 Å². The van der Waals surface area contributed by atoms with Gasteiger partial charge in [0.05, 0.1) is 17.4 Å². The number of rotatable bonds is 1. The number of hydrogen-bond donors (Lipinski definition) is 2. The Morgan fingerprint density at radius 2 is 2.10 bits per heavy atom. The van der Waals surface area contributed by atoms with E-state index >= 15 is 0 Å². The van der Waals surface area contributed by atoms with Crippen LogP contribution in [-0.2, 0) is 0 Å². The minimum Gasteiger partial charge on any atom is -0.493 e. The Balaban J connectivity index is 1.85. The molecule has 1 aromatic carbocycles. The number of nitrogens with zero attached hydrogens (tertiary/aromatic N) is 2. The number of imidazole rings is 1. The molecule has 2 bridgehead atoms. The second kappa shape index (κ2) is 3.49. The summed E-state index contributed by atoms with van der Waals surface area (Å²) in [7, 11) is 0. The number of aromatic hydroxyl groups is 1. The molecule has 104 valence electrons. The van der Waals surface area contributed by atoms with E-state index in [0.717, 1.165) is 23.0 Å². The number of aromatic nitrogens is 3. The lowest BCUT2D eigenvalue weighted by Gasteiger charge is -2.05. The zero-order chi connectivity index (χ0) is 14.1. The van der Waals surface area contributed by atoms with E-state index in [2.05, 4.69) is 17.1 Å². The van der Waals surface area contributed by atoms with Crippen LogP contribution in [0.15, 0.2) is 47.4 Å². The van der Waals surface area contributed by atoms with Gasteiger partial charge in [0.1, 0.15) is 0 Å². The van der Waals surface area contributed by atoms with Gasteiger partial charge in [-0.25, -0.2) is 9.36 Å². The van der Waals surface area contributed by atoms with Crippen LogP contribution in [0.4, 0.5) is 0 Å². The summed E-state index contributed by atoms with van der Waals surface area (Å²) < 4.78 is 3.14. The number of aromatic amines is 1. The zero-order valence-corrected chi connectivity index (χ0v) is 11.2. The first-order valence-corrected chi connectivity index (χ1v) is 7.06. The van der Waals surface area contributed by atoms with Crippen molar-refractivity contribution in [2.24, 2.45) is 0 Å². The third kappa shape index (κ3) is 1.19. The van der Waals surface area contributed by atoms with Crippen molar-refractivity contribution in [3.8, 4) is 11.6 Å². The fourth-order valence-electron chi connectivity index (χ4n) is 3.72. The van der Waals surface area contributed by atoms with Crippen LogP contribution in [0, 0.1) is 0 Å². The lowest BCUT2D eigenvalue weighted by Crippen LogP contribution is -2.24. The molecule has 5 heteroatoms. The van der Waals surface area contributed by atoms with Crippen LogP contribution in [0.1, 0.15) is 24.1 Å². The molecule has 3 heterocycles. The summed E-state index contributed by atoms with van der Waals surface area (Å²) in [5.74, 6) is 0.232. The van der Waals surface area contributed by atoms with Crippen LogP contribution < -0.4 is 5.69 Å². The Kier molecular flexibility index (Phi) is 1.83. The molecule has 0 saturated heterocycles. The molecule has 0 radical (unpaired) electrons. The van der Waals surface area contributed by atoms with Crippen molar-refractivity contribution in [3.63, 3.8) is 0 Å². The molecule has 1 aliphatic heterocycles. The van der Waals surface area contributed by atoms with Crippen LogP contribution in [0.3, 0.4) is 0 Å². The van der Waals surface area contributed by atoms with E-state index in [-0.39, 0.29) is 23.5 Å². The third-order valence-electron chi connectivity index (χ3n) is 4.65. The number of nitrogens with one attached hydrogen (secondary N) is 1. The predicted molar refractivity (Wildman–Crippen MR) is 79.1 cm³/mol. The van der Waals surface area contributed by atoms with E-state index in [1.165, 1.54) is 4.57 Å². The SMILES string of the molecule is O=c1n(-c2c[nH]c3ccccc23)c(O)c2n1C1C=CC2C1. The number of para-hydroxylation sites is 1. The van der Waals surface area contributed by atoms with Crippen LogP contribution >= 0.6 is 0 Å². The summed E-state index contributed by atoms with van der Waals surface area (Å²) in [6.45, 7) is 0. The standard InChI is InChI=1S/C16H13N3O2/c20-15-14-9-5-6-10(7-9)18(14)16(21)19(15)13-8-17-12-4-2-1-3-11(12)13/h1-6,8-10,17,20H,7H2. The average molecular weight is 279 g/mol. The molecule has 3 aromatic rings. The first kappa shape index (κ1) is 11.0. The number of benzene rings is 1. The lowest BCUT2D eigenvalue weighted by atomic mass is 10.1. The molecule has 0 saturated carbocycles. The Bertz CT molecular complexity index is 973. The molecule has 5 rings (SSSR count). The average Bonchev–Trinajstić information content (AvgIpc) is 3.23. The number of H-pyrrole nitrogens is 1. The van der Waals surface area contributed by atoms with Gasteiger partial charge in [-0.15, -0.1) is 0 Å². The second-order valence-corrected chi connectivity index (χ2v) is 5.71. The fourth-order valence-corrected chi connectivity index (χ4v) is 3.72. The van der Waals surface area contributed by atoms with Gasteiger partial charge in [-0.2, -0.15) is 0 Å². The highest BCUT2D eigenvalue weighted by Crippen LogP contribution is 2.46. The van der Waals surface area contributed by atoms with Crippen LogP contribution in [0.5, 0.6) is 5.88 Å². The largest absolute Gasteiger partial charge is 0.493 e. The molecular weight excluding hydrogens is 266 g/mol. The highest BCUT2D eigenvalue weighted by Gasteiger charge is 2.39. The fraction of sp³-hybridized carbons (Fsp3) is 0.188. The Hall–Kier alpha value is -2.69. The number of fused-ring (bicyclic) bond motifs is 6. The summed E-state index contributed by atoms with van der Waals surface area (Å²) in [5.41, 5.74) is 2.24. The minimum absolute atomic E-state index is 0.0709. The topological polar surface area (TPSA) is 62.9 Å². The lowest BCUT2D eigenvalue weighted by molar-refractivity contribution is 0.433. The molecular formula is C16H13N3O2. The minimum atomic E-state index is -0.163. The smallest absolute Gasteiger partial charge is 0.336 e. The van der Waals surface area contributed by atoms with Crippen molar-refractivity contribution in [3.05, 3.63) is 58.8 Å². The Labute approximate surface area is 119 Å². The van der Waals surface area contributed by atoms with E-state index in [1.54, 1.807) is 10.8 Å². The molecule has 2 N–H and O–H groups in total. The molecule has 0 spiro atoms. The maximum absolute atomic E-state index is 12.7. The molecule has 2 unspecified atom stereocenters. The van der Waals surface area contributed by atoms with Crippen molar-refractivity contribution in [2.75, 3.05) is 0 Å². The molecule has 2 aliphatic rings. The molecule has 2 aromatic heterocycles. The molecule has 5 nitrogen and oxygen atoms in total. The van der Waals surface area contributed by atoms with Gasteiger partial charge in [-0.1, -0.05) is 30.4 Å². The molecule has 0 amide bonds. The van der Waals surface area contributed by atoms with Gasteiger partial charge < -0.3 is 10.1 Å². The van der Waals surface area contributed by atoms with Crippen LogP contribution in [0.2, 0.25) is 0 Å². The maximum Gasteiger partial charge on any atom is 0.336 e. The number of allylic oxidation sites excluding steroid dienone is 2. The van der Waals surface area contributed by atoms with Gasteiger partial charge in [0, 0.05) is 23.0 Å². The molecule has 0 fully saturated rings. The first-order chi connectivity index (χ1) is 10.3. The summed E-state index contributed by atoms with van der Waals surface area (Å²) >= 11 is 0. The van der Waals surface area contributed by atoms with Crippen molar-refractivity contribution >= 4 is 10.9 Å². The van der Waals surface area contributed by atoms with E-state index in [1.807, 2.05) is 24.3 Å². The second-order valence-electron chi connectivity index (χ2n) is 5.71. The van der Waals surface area contributed by atoms with Gasteiger partial charge in [-0.05, 0) is 12.5 Å². The van der Waals surface area contributed by atoms with Crippen molar-refractivity contribution in [2.45, 2.75) is 18.4 Å². The summed E-state index contributed by atoms with van der Waals surface area (Å²) in [6, 6.07) is 7.86. The van der Waals surface area contributed by atoms with Gasteiger partial charge >= 0.3 is 5.69 Å². The predicted octanol–water partition coefficient (Wildman–Crippen LogP) is 2.42. The zero-order valence-electron chi connectivity index (χ0n) is 11.2. The summed E-state index contributed by atoms with van der Waals surface area (Å²) in [4.78, 5) is 15.9.